The molecule has 0 radical (unpaired) electrons. The molecule has 0 aliphatic heterocycles. The fourth-order valence-electron chi connectivity index (χ4n) is 2.50. The molecule has 0 fully saturated rings. The topological polar surface area (TPSA) is 113 Å². The lowest BCUT2D eigenvalue weighted by Crippen LogP contribution is -2.09. The summed E-state index contributed by atoms with van der Waals surface area (Å²) in [4.78, 5) is 0. The van der Waals surface area contributed by atoms with Gasteiger partial charge >= 0.3 is 0 Å². The van der Waals surface area contributed by atoms with Crippen molar-refractivity contribution in [3.63, 3.8) is 0 Å². The quantitative estimate of drug-likeness (QED) is 0.532. The van der Waals surface area contributed by atoms with Crippen molar-refractivity contribution in [1.82, 2.24) is 0 Å². The molecule has 0 saturated carbocycles. The van der Waals surface area contributed by atoms with Gasteiger partial charge in [0.25, 0.3) is 0 Å². The van der Waals surface area contributed by atoms with Crippen molar-refractivity contribution in [1.29, 1.82) is 0 Å². The van der Waals surface area contributed by atoms with Gasteiger partial charge in [0.2, 0.25) is 0 Å². The first-order chi connectivity index (χ1) is 10.1. The van der Waals surface area contributed by atoms with Crippen molar-refractivity contribution >= 4 is 11.4 Å². The number of aliphatic hydroxyl groups is 2. The molecule has 0 spiro atoms. The number of hydrogen-bond donors (Lipinski definition) is 5. The monoisotopic (exact) mass is 288 g/mol. The number of aromatic hydroxyl groups is 1. The molecule has 0 aromatic heterocycles. The van der Waals surface area contributed by atoms with Gasteiger partial charge < -0.3 is 26.8 Å². The van der Waals surface area contributed by atoms with Crippen LogP contribution in [0.15, 0.2) is 30.3 Å². The molecule has 0 saturated heterocycles. The molecule has 0 bridgehead atoms. The zero-order valence-electron chi connectivity index (χ0n) is 11.7. The number of nitrogen functional groups attached to an aromatic ring is 2. The Balaban J connectivity index is 2.60. The van der Waals surface area contributed by atoms with Gasteiger partial charge in [0.1, 0.15) is 5.75 Å². The third-order valence-corrected chi connectivity index (χ3v) is 3.53. The van der Waals surface area contributed by atoms with Crippen LogP contribution in [0.3, 0.4) is 0 Å². The zero-order chi connectivity index (χ0) is 15.4. The standard InChI is InChI=1S/C16H20N2O3/c17-15-9-14(10-1-3-11(21)4-2-10)16(18)13(6-8-20)12(15)5-7-19/h1-4,9,19-21H,5-8,17-18H2. The highest BCUT2D eigenvalue weighted by molar-refractivity contribution is 5.84. The van der Waals surface area contributed by atoms with Crippen LogP contribution >= 0.6 is 0 Å². The molecule has 0 aliphatic rings. The highest BCUT2D eigenvalue weighted by Crippen LogP contribution is 2.35. The number of hydrogen-bond acceptors (Lipinski definition) is 5. The number of benzene rings is 2. The van der Waals surface area contributed by atoms with Crippen LogP contribution < -0.4 is 11.5 Å². The van der Waals surface area contributed by atoms with Crippen molar-refractivity contribution < 1.29 is 15.3 Å². The molecule has 2 rings (SSSR count). The third kappa shape index (κ3) is 3.09. The number of phenolic OH excluding ortho intramolecular Hbond substituents is 1. The molecule has 0 amide bonds. The first-order valence-corrected chi connectivity index (χ1v) is 6.79. The Bertz CT molecular complexity index is 624. The van der Waals surface area contributed by atoms with Gasteiger partial charge in [-0.15, -0.1) is 0 Å². The maximum Gasteiger partial charge on any atom is 0.115 e. The van der Waals surface area contributed by atoms with Gasteiger partial charge in [-0.25, -0.2) is 0 Å². The number of nitrogens with two attached hydrogens (primary N) is 2. The van der Waals surface area contributed by atoms with Crippen LogP contribution in [0.4, 0.5) is 11.4 Å². The highest BCUT2D eigenvalue weighted by atomic mass is 16.3. The number of rotatable bonds is 5. The summed E-state index contributed by atoms with van der Waals surface area (Å²) in [6, 6.07) is 8.45. The molecule has 0 heterocycles. The van der Waals surface area contributed by atoms with E-state index >= 15 is 0 Å². The lowest BCUT2D eigenvalue weighted by Gasteiger charge is -2.18. The van der Waals surface area contributed by atoms with Crippen LogP contribution in [0.2, 0.25) is 0 Å². The summed E-state index contributed by atoms with van der Waals surface area (Å²) in [5.74, 6) is 0.178. The molecular weight excluding hydrogens is 268 g/mol. The fraction of sp³-hybridized carbons (Fsp3) is 0.250. The summed E-state index contributed by atoms with van der Waals surface area (Å²) >= 11 is 0. The van der Waals surface area contributed by atoms with Gasteiger partial charge in [0, 0.05) is 30.2 Å². The van der Waals surface area contributed by atoms with Gasteiger partial charge in [-0.2, -0.15) is 0 Å². The van der Waals surface area contributed by atoms with Crippen molar-refractivity contribution in [2.45, 2.75) is 12.8 Å². The SMILES string of the molecule is Nc1cc(-c2ccc(O)cc2)c(N)c(CCO)c1CCO. The van der Waals surface area contributed by atoms with Crippen LogP contribution in [0, 0.1) is 0 Å². The minimum absolute atomic E-state index is 0.0272. The largest absolute Gasteiger partial charge is 0.508 e. The molecule has 7 N–H and O–H groups in total. The summed E-state index contributed by atoms with van der Waals surface area (Å²) in [7, 11) is 0. The number of aliphatic hydroxyl groups excluding tert-OH is 2. The number of anilines is 2. The Morgan fingerprint density at radius 2 is 1.43 bits per heavy atom. The van der Waals surface area contributed by atoms with Crippen molar-refractivity contribution in [3.05, 3.63) is 41.5 Å². The molecule has 112 valence electrons. The van der Waals surface area contributed by atoms with E-state index in [0.29, 0.717) is 24.2 Å². The van der Waals surface area contributed by atoms with Crippen LogP contribution in [0.25, 0.3) is 11.1 Å². The molecule has 21 heavy (non-hydrogen) atoms. The Morgan fingerprint density at radius 3 is 2.00 bits per heavy atom. The minimum Gasteiger partial charge on any atom is -0.508 e. The van der Waals surface area contributed by atoms with Crippen LogP contribution in [-0.2, 0) is 12.8 Å². The maximum atomic E-state index is 9.36. The normalized spacial score (nSPS) is 10.8. The Labute approximate surface area is 123 Å². The van der Waals surface area contributed by atoms with Crippen LogP contribution in [0.5, 0.6) is 5.75 Å². The predicted molar refractivity (Wildman–Crippen MR) is 83.9 cm³/mol. The van der Waals surface area contributed by atoms with E-state index in [1.165, 1.54) is 0 Å². The molecule has 5 nitrogen and oxygen atoms in total. The highest BCUT2D eigenvalue weighted by Gasteiger charge is 2.15. The van der Waals surface area contributed by atoms with E-state index in [2.05, 4.69) is 0 Å². The molecule has 0 aliphatic carbocycles. The summed E-state index contributed by atoms with van der Waals surface area (Å²) in [6.07, 6.45) is 0.790. The summed E-state index contributed by atoms with van der Waals surface area (Å²) < 4.78 is 0. The van der Waals surface area contributed by atoms with E-state index in [4.69, 9.17) is 16.6 Å². The zero-order valence-corrected chi connectivity index (χ0v) is 11.7. The van der Waals surface area contributed by atoms with Gasteiger partial charge in [0.05, 0.1) is 0 Å². The average Bonchev–Trinajstić information content (AvgIpc) is 2.47. The molecule has 0 unspecified atom stereocenters. The summed E-state index contributed by atoms with van der Waals surface area (Å²) in [5.41, 5.74) is 16.6. The van der Waals surface area contributed by atoms with E-state index in [1.54, 1.807) is 30.3 Å². The lowest BCUT2D eigenvalue weighted by atomic mass is 9.92. The first kappa shape index (κ1) is 15.2. The lowest BCUT2D eigenvalue weighted by molar-refractivity contribution is 0.293. The van der Waals surface area contributed by atoms with E-state index in [-0.39, 0.29) is 19.0 Å². The second-order valence-electron chi connectivity index (χ2n) is 4.88. The van der Waals surface area contributed by atoms with Crippen molar-refractivity contribution in [3.8, 4) is 16.9 Å². The Hall–Kier alpha value is -2.24. The van der Waals surface area contributed by atoms with E-state index in [1.807, 2.05) is 0 Å². The van der Waals surface area contributed by atoms with E-state index in [0.717, 1.165) is 22.3 Å². The van der Waals surface area contributed by atoms with Gasteiger partial charge in [-0.05, 0) is 47.7 Å². The van der Waals surface area contributed by atoms with E-state index < -0.39 is 0 Å². The van der Waals surface area contributed by atoms with Gasteiger partial charge in [-0.1, -0.05) is 12.1 Å². The third-order valence-electron chi connectivity index (χ3n) is 3.53. The Kier molecular flexibility index (Phi) is 4.67. The minimum atomic E-state index is -0.0406. The Morgan fingerprint density at radius 1 is 0.857 bits per heavy atom. The van der Waals surface area contributed by atoms with Crippen molar-refractivity contribution in [2.24, 2.45) is 0 Å². The molecule has 2 aromatic rings. The predicted octanol–water partition coefficient (Wildman–Crippen LogP) is 1.29. The van der Waals surface area contributed by atoms with Gasteiger partial charge in [-0.3, -0.25) is 0 Å². The fourth-order valence-corrected chi connectivity index (χ4v) is 2.50. The van der Waals surface area contributed by atoms with Crippen LogP contribution in [0.1, 0.15) is 11.1 Å². The maximum absolute atomic E-state index is 9.36. The van der Waals surface area contributed by atoms with Crippen LogP contribution in [-0.4, -0.2) is 28.5 Å². The molecule has 2 aromatic carbocycles. The second kappa shape index (κ2) is 6.47. The first-order valence-electron chi connectivity index (χ1n) is 6.79. The molecular formula is C16H20N2O3. The van der Waals surface area contributed by atoms with Gasteiger partial charge in [0.15, 0.2) is 0 Å². The smallest absolute Gasteiger partial charge is 0.115 e. The summed E-state index contributed by atoms with van der Waals surface area (Å²) in [6.45, 7) is -0.0677. The average molecular weight is 288 g/mol. The van der Waals surface area contributed by atoms with Crippen molar-refractivity contribution in [2.75, 3.05) is 24.7 Å². The summed E-state index contributed by atoms with van der Waals surface area (Å²) in [5, 5.41) is 27.8. The molecule has 0 atom stereocenters. The second-order valence-corrected chi connectivity index (χ2v) is 4.88. The van der Waals surface area contributed by atoms with E-state index in [9.17, 15) is 10.2 Å². The molecule has 5 heteroatoms. The number of phenols is 1.